The van der Waals surface area contributed by atoms with Crippen molar-refractivity contribution in [2.45, 2.75) is 12.5 Å². The van der Waals surface area contributed by atoms with Crippen molar-refractivity contribution in [1.82, 2.24) is 5.32 Å². The molecule has 0 bridgehead atoms. The number of nitrogens with one attached hydrogen (secondary N) is 1. The Morgan fingerprint density at radius 3 is 2.27 bits per heavy atom. The summed E-state index contributed by atoms with van der Waals surface area (Å²) in [6.45, 7) is 0.136. The van der Waals surface area contributed by atoms with Gasteiger partial charge in [0.05, 0.1) is 0 Å². The molecule has 1 atom stereocenters. The van der Waals surface area contributed by atoms with Gasteiger partial charge in [-0.15, -0.1) is 0 Å². The molecule has 0 aliphatic rings. The monoisotopic (exact) mass is 162 g/mol. The topological polar surface area (TPSA) is 113 Å². The number of hydrogen-bond acceptors (Lipinski definition) is 3. The molecule has 1 unspecified atom stereocenters. The van der Waals surface area contributed by atoms with Crippen molar-refractivity contribution in [1.29, 1.82) is 0 Å². The number of aliphatic carboxylic acids is 1. The molecule has 0 heterocycles. The molecule has 0 saturated carbocycles. The zero-order valence-electron chi connectivity index (χ0n) is 5.78. The molecule has 0 rings (SSSR count). The van der Waals surface area contributed by atoms with Gasteiger partial charge in [-0.2, -0.15) is 0 Å². The van der Waals surface area contributed by atoms with Gasteiger partial charge in [-0.1, -0.05) is 0 Å². The van der Waals surface area contributed by atoms with Crippen LogP contribution in [0, 0.1) is 0 Å². The summed E-state index contributed by atoms with van der Waals surface area (Å²) in [6.07, 6.45) is -1.26. The van der Waals surface area contributed by atoms with Gasteiger partial charge < -0.3 is 21.3 Å². The van der Waals surface area contributed by atoms with Crippen LogP contribution in [0.3, 0.4) is 0 Å². The van der Waals surface area contributed by atoms with Crippen LogP contribution in [0.4, 0.5) is 4.79 Å². The van der Waals surface area contributed by atoms with Gasteiger partial charge >= 0.3 is 12.1 Å². The van der Waals surface area contributed by atoms with Crippen LogP contribution in [0.2, 0.25) is 0 Å². The van der Waals surface area contributed by atoms with Gasteiger partial charge in [0.2, 0.25) is 0 Å². The van der Waals surface area contributed by atoms with Crippen molar-refractivity contribution in [3.05, 3.63) is 0 Å². The van der Waals surface area contributed by atoms with E-state index in [-0.39, 0.29) is 13.0 Å². The van der Waals surface area contributed by atoms with Crippen LogP contribution < -0.4 is 11.1 Å². The third-order valence-corrected chi connectivity index (χ3v) is 1.05. The highest BCUT2D eigenvalue weighted by Crippen LogP contribution is 1.89. The van der Waals surface area contributed by atoms with Gasteiger partial charge in [0, 0.05) is 0 Å². The van der Waals surface area contributed by atoms with Crippen molar-refractivity contribution in [3.63, 3.8) is 0 Å². The van der Waals surface area contributed by atoms with E-state index in [1.54, 1.807) is 0 Å². The molecule has 6 heteroatoms. The summed E-state index contributed by atoms with van der Waals surface area (Å²) < 4.78 is 0. The normalized spacial score (nSPS) is 12.1. The summed E-state index contributed by atoms with van der Waals surface area (Å²) >= 11 is 0. The van der Waals surface area contributed by atoms with Gasteiger partial charge in [0.15, 0.2) is 0 Å². The van der Waals surface area contributed by atoms with E-state index in [1.165, 1.54) is 0 Å². The maximum Gasteiger partial charge on any atom is 0.405 e. The van der Waals surface area contributed by atoms with Crippen LogP contribution in [0.25, 0.3) is 0 Å². The third-order valence-electron chi connectivity index (χ3n) is 1.05. The van der Waals surface area contributed by atoms with E-state index in [0.29, 0.717) is 0 Å². The summed E-state index contributed by atoms with van der Waals surface area (Å²) in [4.78, 5) is 20.2. The van der Waals surface area contributed by atoms with Gasteiger partial charge in [-0.25, -0.2) is 9.59 Å². The smallest absolute Gasteiger partial charge is 0.405 e. The van der Waals surface area contributed by atoms with Crippen LogP contribution in [0.15, 0.2) is 0 Å². The molecule has 1 amide bonds. The third kappa shape index (κ3) is 4.15. The number of rotatable bonds is 4. The summed E-state index contributed by atoms with van der Waals surface area (Å²) in [7, 11) is 0. The second kappa shape index (κ2) is 4.51. The number of carbonyl (C=O) groups is 2. The van der Waals surface area contributed by atoms with E-state index in [9.17, 15) is 9.59 Å². The lowest BCUT2D eigenvalue weighted by atomic mass is 10.2. The minimum Gasteiger partial charge on any atom is -0.480 e. The van der Waals surface area contributed by atoms with Gasteiger partial charge in [0.25, 0.3) is 0 Å². The molecule has 0 radical (unpaired) electrons. The molecule has 0 spiro atoms. The van der Waals surface area contributed by atoms with Gasteiger partial charge in [0.1, 0.15) is 6.04 Å². The van der Waals surface area contributed by atoms with Crippen LogP contribution in [0.5, 0.6) is 0 Å². The summed E-state index contributed by atoms with van der Waals surface area (Å²) in [5.41, 5.74) is 5.05. The molecule has 0 aromatic rings. The number of carboxylic acid groups (broad SMARTS) is 2. The van der Waals surface area contributed by atoms with Crippen molar-refractivity contribution in [3.8, 4) is 0 Å². The minimum absolute atomic E-state index is 0.0988. The van der Waals surface area contributed by atoms with Crippen LogP contribution in [0.1, 0.15) is 6.42 Å². The number of nitrogens with two attached hydrogens (primary N) is 1. The zero-order valence-corrected chi connectivity index (χ0v) is 5.78. The fourth-order valence-electron chi connectivity index (χ4n) is 0.573. The molecule has 0 fully saturated rings. The Kier molecular flexibility index (Phi) is 3.97. The van der Waals surface area contributed by atoms with Crippen LogP contribution in [-0.2, 0) is 4.79 Å². The maximum absolute atomic E-state index is 10.2. The standard InChI is InChI=1S/C5H10N2O4/c6-2-1-3(4(8)9)7-5(10)11/h3,7H,1-2,6H2,(H,8,9)(H,10,11). The Hall–Kier alpha value is -1.30. The van der Waals surface area contributed by atoms with E-state index in [0.717, 1.165) is 0 Å². The Balaban J connectivity index is 3.89. The minimum atomic E-state index is -1.36. The van der Waals surface area contributed by atoms with Gasteiger partial charge in [-0.3, -0.25) is 0 Å². The fraction of sp³-hybridized carbons (Fsp3) is 0.600. The highest BCUT2D eigenvalue weighted by atomic mass is 16.4. The average Bonchev–Trinajstić information content (AvgIpc) is 1.86. The Bertz CT molecular complexity index is 159. The number of amides is 1. The lowest BCUT2D eigenvalue weighted by Crippen LogP contribution is -2.41. The van der Waals surface area contributed by atoms with E-state index in [1.807, 2.05) is 5.32 Å². The van der Waals surface area contributed by atoms with Crippen LogP contribution in [-0.4, -0.2) is 34.9 Å². The molecule has 64 valence electrons. The van der Waals surface area contributed by atoms with Gasteiger partial charge in [-0.05, 0) is 13.0 Å². The lowest BCUT2D eigenvalue weighted by molar-refractivity contribution is -0.139. The first-order valence-electron chi connectivity index (χ1n) is 3.00. The Morgan fingerprint density at radius 2 is 2.00 bits per heavy atom. The largest absolute Gasteiger partial charge is 0.480 e. The van der Waals surface area contributed by atoms with E-state index in [4.69, 9.17) is 15.9 Å². The number of hydrogen-bond donors (Lipinski definition) is 4. The second-order valence-electron chi connectivity index (χ2n) is 1.92. The lowest BCUT2D eigenvalue weighted by Gasteiger charge is -2.09. The SMILES string of the molecule is NCCC(NC(=O)O)C(=O)O. The highest BCUT2D eigenvalue weighted by molar-refractivity contribution is 5.79. The average molecular weight is 162 g/mol. The fourth-order valence-corrected chi connectivity index (χ4v) is 0.573. The first-order valence-corrected chi connectivity index (χ1v) is 3.00. The first-order chi connectivity index (χ1) is 5.07. The molecule has 0 aliphatic heterocycles. The summed E-state index contributed by atoms with van der Waals surface area (Å²) in [6, 6.07) is -1.10. The van der Waals surface area contributed by atoms with Crippen molar-refractivity contribution < 1.29 is 19.8 Å². The van der Waals surface area contributed by atoms with Crippen molar-refractivity contribution in [2.24, 2.45) is 5.73 Å². The molecular weight excluding hydrogens is 152 g/mol. The molecule has 0 aromatic heterocycles. The molecule has 6 nitrogen and oxygen atoms in total. The molecule has 0 aliphatic carbocycles. The first kappa shape index (κ1) is 9.70. The molecule has 0 aromatic carbocycles. The van der Waals surface area contributed by atoms with E-state index in [2.05, 4.69) is 0 Å². The molecule has 5 N–H and O–H groups in total. The predicted octanol–water partition coefficient (Wildman–Crippen LogP) is -0.944. The zero-order chi connectivity index (χ0) is 8.85. The molecular formula is C5H10N2O4. The predicted molar refractivity (Wildman–Crippen MR) is 36.3 cm³/mol. The second-order valence-corrected chi connectivity index (χ2v) is 1.92. The molecule has 0 saturated heterocycles. The van der Waals surface area contributed by atoms with Crippen molar-refractivity contribution >= 4 is 12.1 Å². The number of carboxylic acids is 1. The summed E-state index contributed by atoms with van der Waals surface area (Å²) in [5.74, 6) is -1.21. The Labute approximate surface area is 63.0 Å². The van der Waals surface area contributed by atoms with Crippen LogP contribution >= 0.6 is 0 Å². The molecule has 11 heavy (non-hydrogen) atoms. The summed E-state index contributed by atoms with van der Waals surface area (Å²) in [5, 5.41) is 18.3. The van der Waals surface area contributed by atoms with Crippen molar-refractivity contribution in [2.75, 3.05) is 6.54 Å². The van der Waals surface area contributed by atoms with E-state index < -0.39 is 18.1 Å². The quantitative estimate of drug-likeness (QED) is 0.426. The van der Waals surface area contributed by atoms with E-state index >= 15 is 0 Å². The Morgan fingerprint density at radius 1 is 1.45 bits per heavy atom. The highest BCUT2D eigenvalue weighted by Gasteiger charge is 2.17. The maximum atomic E-state index is 10.2.